The fourth-order valence-electron chi connectivity index (χ4n) is 1.34. The van der Waals surface area contributed by atoms with Gasteiger partial charge in [0.1, 0.15) is 0 Å². The van der Waals surface area contributed by atoms with Gasteiger partial charge in [0.2, 0.25) is 0 Å². The fourth-order valence-corrected chi connectivity index (χ4v) is 1.34. The fraction of sp³-hybridized carbons (Fsp3) is 0.333. The molecule has 0 spiro atoms. The molecule has 0 atom stereocenters. The van der Waals surface area contributed by atoms with Gasteiger partial charge in [0.05, 0.1) is 0 Å². The van der Waals surface area contributed by atoms with Gasteiger partial charge in [-0.25, -0.2) is 0 Å². The van der Waals surface area contributed by atoms with Crippen LogP contribution in [0.4, 0.5) is 0 Å². The molecule has 4 nitrogen and oxygen atoms in total. The van der Waals surface area contributed by atoms with Gasteiger partial charge in [0, 0.05) is 5.56 Å². The topological polar surface area (TPSA) is 58.9 Å². The molecule has 0 unspecified atom stereocenters. The second-order valence-electron chi connectivity index (χ2n) is 3.21. The van der Waals surface area contributed by atoms with Gasteiger partial charge >= 0.3 is 7.12 Å². The normalized spacial score (nSPS) is 25.6. The lowest BCUT2D eigenvalue weighted by atomic mass is 9.80. The van der Waals surface area contributed by atoms with Gasteiger partial charge in [-0.1, -0.05) is 24.3 Å². The third-order valence-corrected chi connectivity index (χ3v) is 2.14. The molecular formula is C9H11BO4. The number of benzene rings is 1. The maximum atomic E-state index is 8.86. The Hall–Kier alpha value is -0.875. The first kappa shape index (κ1) is 9.67. The van der Waals surface area contributed by atoms with Crippen molar-refractivity contribution in [2.45, 2.75) is 19.5 Å². The molecule has 0 amide bonds. The highest BCUT2D eigenvalue weighted by Crippen LogP contribution is 2.30. The molecule has 1 saturated heterocycles. The lowest BCUT2D eigenvalue weighted by Gasteiger charge is -2.33. The quantitative estimate of drug-likeness (QED) is 0.637. The summed E-state index contributed by atoms with van der Waals surface area (Å²) in [6, 6.07) is 6.78. The van der Waals surface area contributed by atoms with E-state index in [1.807, 2.05) is 6.92 Å². The Morgan fingerprint density at radius 3 is 2.14 bits per heavy atom. The van der Waals surface area contributed by atoms with E-state index in [-0.39, 0.29) is 12.6 Å². The highest BCUT2D eigenvalue weighted by atomic mass is 16.9. The minimum absolute atomic E-state index is 0.150. The molecule has 2 N–H and O–H groups in total. The zero-order valence-electron chi connectivity index (χ0n) is 7.75. The molecule has 1 fully saturated rings. The van der Waals surface area contributed by atoms with Crippen LogP contribution in [-0.2, 0) is 9.47 Å². The van der Waals surface area contributed by atoms with Crippen LogP contribution in [0.2, 0.25) is 0 Å². The van der Waals surface area contributed by atoms with Gasteiger partial charge in [0.15, 0.2) is 12.6 Å². The third-order valence-electron chi connectivity index (χ3n) is 2.14. The summed E-state index contributed by atoms with van der Waals surface area (Å²) in [5, 5.41) is 17.7. The molecular weight excluding hydrogens is 183 g/mol. The molecule has 0 radical (unpaired) electrons. The molecule has 14 heavy (non-hydrogen) atoms. The van der Waals surface area contributed by atoms with Crippen LogP contribution in [0.1, 0.15) is 18.8 Å². The van der Waals surface area contributed by atoms with E-state index in [1.54, 1.807) is 24.3 Å². The summed E-state index contributed by atoms with van der Waals surface area (Å²) in [6.07, 6.45) is -0.460. The van der Waals surface area contributed by atoms with Crippen molar-refractivity contribution in [2.24, 2.45) is 0 Å². The molecule has 0 bridgehead atoms. The van der Waals surface area contributed by atoms with Crippen molar-refractivity contribution in [1.82, 2.24) is 0 Å². The molecule has 2 rings (SSSR count). The predicted molar refractivity (Wildman–Crippen MR) is 50.6 cm³/mol. The zero-order chi connectivity index (χ0) is 10.1. The van der Waals surface area contributed by atoms with Gasteiger partial charge in [-0.2, -0.15) is 0 Å². The largest absolute Gasteiger partial charge is 0.488 e. The molecule has 74 valence electrons. The Labute approximate surface area is 82.2 Å². The maximum Gasteiger partial charge on any atom is 0.488 e. The van der Waals surface area contributed by atoms with Crippen LogP contribution < -0.4 is 5.46 Å². The summed E-state index contributed by atoms with van der Waals surface area (Å²) in [5.41, 5.74) is 1.34. The molecule has 1 aliphatic heterocycles. The van der Waals surface area contributed by atoms with Crippen molar-refractivity contribution in [3.8, 4) is 0 Å². The third kappa shape index (κ3) is 1.81. The Morgan fingerprint density at radius 2 is 1.71 bits per heavy atom. The highest BCUT2D eigenvalue weighted by molar-refractivity contribution is 6.58. The first-order chi connectivity index (χ1) is 6.66. The van der Waals surface area contributed by atoms with Crippen LogP contribution >= 0.6 is 0 Å². The van der Waals surface area contributed by atoms with Crippen molar-refractivity contribution in [2.75, 3.05) is 0 Å². The van der Waals surface area contributed by atoms with Crippen molar-refractivity contribution >= 4 is 12.6 Å². The van der Waals surface area contributed by atoms with Crippen LogP contribution in [0, 0.1) is 0 Å². The number of hydrogen-bond acceptors (Lipinski definition) is 4. The number of ether oxygens (including phenoxy) is 2. The second kappa shape index (κ2) is 3.71. The number of rotatable bonds is 2. The van der Waals surface area contributed by atoms with E-state index in [1.165, 1.54) is 0 Å². The Morgan fingerprint density at radius 1 is 1.14 bits per heavy atom. The van der Waals surface area contributed by atoms with Gasteiger partial charge in [0.25, 0.3) is 0 Å². The summed E-state index contributed by atoms with van der Waals surface area (Å²) in [7, 11) is -1.42. The van der Waals surface area contributed by atoms with Gasteiger partial charge in [-0.15, -0.1) is 0 Å². The maximum absolute atomic E-state index is 8.86. The van der Waals surface area contributed by atoms with E-state index < -0.39 is 7.12 Å². The molecule has 0 saturated carbocycles. The molecule has 0 aromatic heterocycles. The van der Waals surface area contributed by atoms with Crippen LogP contribution in [0.25, 0.3) is 0 Å². The Kier molecular flexibility index (Phi) is 2.56. The molecule has 1 aromatic rings. The van der Waals surface area contributed by atoms with Crippen molar-refractivity contribution in [3.05, 3.63) is 29.8 Å². The predicted octanol–water partition coefficient (Wildman–Crippen LogP) is -0.242. The Balaban J connectivity index is 2.07. The Bertz CT molecular complexity index is 305. The van der Waals surface area contributed by atoms with E-state index in [0.717, 1.165) is 5.56 Å². The lowest BCUT2D eigenvalue weighted by molar-refractivity contribution is -0.382. The number of hydrogen-bond donors (Lipinski definition) is 2. The summed E-state index contributed by atoms with van der Waals surface area (Å²) in [6.45, 7) is 1.82. The van der Waals surface area contributed by atoms with Crippen LogP contribution in [0.5, 0.6) is 0 Å². The van der Waals surface area contributed by atoms with Gasteiger partial charge < -0.3 is 19.5 Å². The highest BCUT2D eigenvalue weighted by Gasteiger charge is 2.28. The van der Waals surface area contributed by atoms with Crippen LogP contribution in [0.3, 0.4) is 0 Å². The first-order valence-electron chi connectivity index (χ1n) is 4.44. The molecule has 1 heterocycles. The molecule has 1 aliphatic rings. The SMILES string of the molecule is CC1OC(c2ccc(B(O)O)cc2)O1. The van der Waals surface area contributed by atoms with E-state index in [9.17, 15) is 0 Å². The summed E-state index contributed by atoms with van der Waals surface area (Å²) in [4.78, 5) is 0. The van der Waals surface area contributed by atoms with Crippen molar-refractivity contribution < 1.29 is 19.5 Å². The standard InChI is InChI=1S/C9H11BO4/c1-6-13-9(14-6)7-2-4-8(5-3-7)10(11)12/h2-6,9,11-12H,1H3. The van der Waals surface area contributed by atoms with Gasteiger partial charge in [-0.3, -0.25) is 0 Å². The van der Waals surface area contributed by atoms with Crippen LogP contribution in [-0.4, -0.2) is 23.5 Å². The minimum atomic E-state index is -1.42. The zero-order valence-corrected chi connectivity index (χ0v) is 7.75. The van der Waals surface area contributed by atoms with Gasteiger partial charge in [-0.05, 0) is 12.4 Å². The van der Waals surface area contributed by atoms with Crippen LogP contribution in [0.15, 0.2) is 24.3 Å². The average molecular weight is 194 g/mol. The van der Waals surface area contributed by atoms with E-state index >= 15 is 0 Å². The summed E-state index contributed by atoms with van der Waals surface area (Å²) >= 11 is 0. The van der Waals surface area contributed by atoms with E-state index in [4.69, 9.17) is 19.5 Å². The average Bonchev–Trinajstić information content (AvgIpc) is 2.13. The molecule has 5 heteroatoms. The summed E-state index contributed by atoms with van der Waals surface area (Å²) < 4.78 is 10.6. The minimum Gasteiger partial charge on any atom is -0.423 e. The first-order valence-corrected chi connectivity index (χ1v) is 4.44. The smallest absolute Gasteiger partial charge is 0.423 e. The molecule has 0 aliphatic carbocycles. The van der Waals surface area contributed by atoms with E-state index in [2.05, 4.69) is 0 Å². The van der Waals surface area contributed by atoms with Crippen molar-refractivity contribution in [1.29, 1.82) is 0 Å². The van der Waals surface area contributed by atoms with Crippen molar-refractivity contribution in [3.63, 3.8) is 0 Å². The second-order valence-corrected chi connectivity index (χ2v) is 3.21. The van der Waals surface area contributed by atoms with E-state index in [0.29, 0.717) is 5.46 Å². The summed E-state index contributed by atoms with van der Waals surface area (Å²) in [5.74, 6) is 0. The molecule has 1 aromatic carbocycles. The lowest BCUT2D eigenvalue weighted by Crippen LogP contribution is -2.33. The monoisotopic (exact) mass is 194 g/mol.